The molecule has 0 heterocycles. The molecule has 2 nitrogen and oxygen atoms in total. The van der Waals surface area contributed by atoms with Crippen LogP contribution in [0.2, 0.25) is 39.3 Å². The fraction of sp³-hybridized carbons (Fsp3) is 0.174. The minimum Gasteiger partial charge on any atom is -0.496 e. The van der Waals surface area contributed by atoms with Crippen LogP contribution in [0.4, 0.5) is 0 Å². The highest BCUT2D eigenvalue weighted by Gasteiger charge is 2.27. The Kier molecular flexibility index (Phi) is 6.53. The second-order valence-electron chi connectivity index (χ2n) is 15.7. The van der Waals surface area contributed by atoms with Gasteiger partial charge in [-0.1, -0.05) is 112 Å². The molecule has 50 heavy (non-hydrogen) atoms. The Bertz CT molecular complexity index is 2820. The van der Waals surface area contributed by atoms with Gasteiger partial charge in [-0.25, -0.2) is 0 Å². The second kappa shape index (κ2) is 10.6. The highest BCUT2D eigenvalue weighted by Crippen LogP contribution is 2.53. The molecule has 0 saturated carbocycles. The summed E-state index contributed by atoms with van der Waals surface area (Å²) in [6, 6.07) is 31.2. The molecule has 0 radical (unpaired) electrons. The molecule has 0 aliphatic rings. The first-order chi connectivity index (χ1) is 24.0. The van der Waals surface area contributed by atoms with Gasteiger partial charge in [0.15, 0.2) is 0 Å². The third-order valence-corrected chi connectivity index (χ3v) is 11.8. The molecular weight excluding hydrogens is 641 g/mol. The average molecular weight is 679 g/mol. The highest BCUT2D eigenvalue weighted by atomic mass is 28.3. The number of benzene rings is 9. The first-order valence-corrected chi connectivity index (χ1v) is 24.3. The van der Waals surface area contributed by atoms with E-state index < -0.39 is 16.1 Å². The number of ether oxygens (including phenoxy) is 2. The van der Waals surface area contributed by atoms with Crippen LogP contribution < -0.4 is 9.47 Å². The molecule has 9 aromatic carbocycles. The van der Waals surface area contributed by atoms with Crippen molar-refractivity contribution in [3.05, 3.63) is 96.1 Å². The first kappa shape index (κ1) is 30.8. The Morgan fingerprint density at radius 3 is 1.18 bits per heavy atom. The lowest BCUT2D eigenvalue weighted by Crippen LogP contribution is -2.16. The van der Waals surface area contributed by atoms with Crippen molar-refractivity contribution in [2.24, 2.45) is 0 Å². The van der Waals surface area contributed by atoms with Crippen molar-refractivity contribution >= 4 is 102 Å². The van der Waals surface area contributed by atoms with Gasteiger partial charge in [0, 0.05) is 43.4 Å². The Balaban J connectivity index is 1.69. The van der Waals surface area contributed by atoms with Crippen molar-refractivity contribution in [2.45, 2.75) is 39.3 Å². The van der Waals surface area contributed by atoms with E-state index in [4.69, 9.17) is 9.47 Å². The van der Waals surface area contributed by atoms with Crippen molar-refractivity contribution in [2.75, 3.05) is 14.2 Å². The second-order valence-corrected chi connectivity index (χ2v) is 25.2. The van der Waals surface area contributed by atoms with Gasteiger partial charge >= 0.3 is 0 Å². The predicted octanol–water partition coefficient (Wildman–Crippen LogP) is 12.3. The van der Waals surface area contributed by atoms with Crippen LogP contribution in [-0.4, -0.2) is 30.4 Å². The summed E-state index contributed by atoms with van der Waals surface area (Å²) in [4.78, 5) is 0. The first-order valence-electron chi connectivity index (χ1n) is 17.3. The van der Waals surface area contributed by atoms with Crippen molar-refractivity contribution in [3.63, 3.8) is 0 Å². The van der Waals surface area contributed by atoms with Crippen molar-refractivity contribution in [1.29, 1.82) is 0 Å². The number of methoxy groups -OCH3 is 2. The maximum absolute atomic E-state index is 6.13. The Labute approximate surface area is 294 Å². The van der Waals surface area contributed by atoms with Gasteiger partial charge in [0.2, 0.25) is 0 Å². The molecule has 0 aliphatic heterocycles. The smallest absolute Gasteiger partial charge is 0.129 e. The largest absolute Gasteiger partial charge is 0.496 e. The molecule has 9 rings (SSSR count). The van der Waals surface area contributed by atoms with Crippen LogP contribution in [0.1, 0.15) is 11.1 Å². The van der Waals surface area contributed by atoms with Crippen LogP contribution in [0.5, 0.6) is 11.5 Å². The maximum Gasteiger partial charge on any atom is 0.129 e. The van der Waals surface area contributed by atoms with Gasteiger partial charge in [-0.15, -0.1) is 11.1 Å². The number of hydrogen-bond acceptors (Lipinski definition) is 2. The Morgan fingerprint density at radius 1 is 0.400 bits per heavy atom. The summed E-state index contributed by atoms with van der Waals surface area (Å²) < 4.78 is 12.3. The van der Waals surface area contributed by atoms with Crippen LogP contribution in [0.25, 0.3) is 86.2 Å². The lowest BCUT2D eigenvalue weighted by atomic mass is 9.79. The fourth-order valence-corrected chi connectivity index (χ4v) is 9.04. The molecule has 9 aromatic rings. The SMILES string of the molecule is COc1ccc2ccc3c4c(C#C[Si](C)(C)C)c5cc6ccccc6cc5c(C#C[Si](C)(C)C)c4c4ccc5ccc(OC)c6c1c2c3c4c56. The standard InChI is InChI=1S/C46H38O2Si2/c1-47-37-19-15-27-13-17-33-41-31(21-23-49(3,4)5)35-25-29-11-9-10-12-30(29)26-36(35)32(22-24-50(6,7)8)42(41)34-18-14-28-16-20-38(48-2)46-40(28)44(34)43(33)39(27)45(37)46/h9-20,25-26H,1-8H3. The molecule has 0 bridgehead atoms. The van der Waals surface area contributed by atoms with Crippen LogP contribution in [0.15, 0.2) is 84.9 Å². The van der Waals surface area contributed by atoms with Gasteiger partial charge in [-0.2, -0.15) is 0 Å². The van der Waals surface area contributed by atoms with Crippen LogP contribution in [-0.2, 0) is 0 Å². The van der Waals surface area contributed by atoms with Crippen molar-refractivity contribution in [1.82, 2.24) is 0 Å². The van der Waals surface area contributed by atoms with Crippen molar-refractivity contribution < 1.29 is 9.47 Å². The molecule has 0 aromatic heterocycles. The van der Waals surface area contributed by atoms with Gasteiger partial charge in [0.1, 0.15) is 27.6 Å². The molecule has 0 spiro atoms. The van der Waals surface area contributed by atoms with E-state index in [-0.39, 0.29) is 0 Å². The lowest BCUT2D eigenvalue weighted by Gasteiger charge is -2.24. The molecular formula is C46H38O2Si2. The number of rotatable bonds is 2. The third kappa shape index (κ3) is 4.42. The molecule has 0 amide bonds. The monoisotopic (exact) mass is 678 g/mol. The van der Waals surface area contributed by atoms with E-state index in [1.807, 2.05) is 0 Å². The van der Waals surface area contributed by atoms with Gasteiger partial charge < -0.3 is 9.47 Å². The topological polar surface area (TPSA) is 18.5 Å². The van der Waals surface area contributed by atoms with E-state index >= 15 is 0 Å². The van der Waals surface area contributed by atoms with E-state index in [2.05, 4.69) is 147 Å². The van der Waals surface area contributed by atoms with Crippen LogP contribution in [0, 0.1) is 22.9 Å². The summed E-state index contributed by atoms with van der Waals surface area (Å²) >= 11 is 0. The minimum atomic E-state index is -1.75. The molecule has 0 atom stereocenters. The molecule has 0 fully saturated rings. The maximum atomic E-state index is 6.13. The molecule has 0 N–H and O–H groups in total. The third-order valence-electron chi connectivity index (χ3n) is 10.1. The van der Waals surface area contributed by atoms with E-state index in [9.17, 15) is 0 Å². The van der Waals surface area contributed by atoms with Gasteiger partial charge in [0.05, 0.1) is 14.2 Å². The lowest BCUT2D eigenvalue weighted by molar-refractivity contribution is 0.416. The van der Waals surface area contributed by atoms with E-state index in [1.165, 1.54) is 75.4 Å². The normalized spacial score (nSPS) is 12.5. The Morgan fingerprint density at radius 2 is 0.800 bits per heavy atom. The highest BCUT2D eigenvalue weighted by molar-refractivity contribution is 6.84. The predicted molar refractivity (Wildman–Crippen MR) is 222 cm³/mol. The Hall–Kier alpha value is -5.27. The van der Waals surface area contributed by atoms with Crippen LogP contribution in [0.3, 0.4) is 0 Å². The van der Waals surface area contributed by atoms with E-state index in [1.54, 1.807) is 14.2 Å². The summed E-state index contributed by atoms with van der Waals surface area (Å²) in [6.45, 7) is 14.0. The number of hydrogen-bond donors (Lipinski definition) is 0. The molecule has 0 saturated heterocycles. The van der Waals surface area contributed by atoms with Crippen LogP contribution >= 0.6 is 0 Å². The van der Waals surface area contributed by atoms with E-state index in [0.29, 0.717) is 0 Å². The molecule has 242 valence electrons. The minimum absolute atomic E-state index is 0.851. The van der Waals surface area contributed by atoms with Gasteiger partial charge in [-0.05, 0) is 78.1 Å². The summed E-state index contributed by atoms with van der Waals surface area (Å²) in [5.74, 6) is 9.42. The van der Waals surface area contributed by atoms with Gasteiger partial charge in [0.25, 0.3) is 0 Å². The summed E-state index contributed by atoms with van der Waals surface area (Å²) in [5.41, 5.74) is 9.79. The molecule has 0 aliphatic carbocycles. The summed E-state index contributed by atoms with van der Waals surface area (Å²) in [5, 5.41) is 19.1. The summed E-state index contributed by atoms with van der Waals surface area (Å²) in [7, 11) is 0.0323. The zero-order valence-corrected chi connectivity index (χ0v) is 31.9. The summed E-state index contributed by atoms with van der Waals surface area (Å²) in [6.07, 6.45) is 0. The molecule has 0 unspecified atom stereocenters. The van der Waals surface area contributed by atoms with Crippen molar-refractivity contribution in [3.8, 4) is 34.4 Å². The zero-order chi connectivity index (χ0) is 34.7. The quantitative estimate of drug-likeness (QED) is 0.0784. The average Bonchev–Trinajstić information content (AvgIpc) is 3.09. The van der Waals surface area contributed by atoms with Gasteiger partial charge in [-0.3, -0.25) is 0 Å². The zero-order valence-electron chi connectivity index (χ0n) is 29.9. The number of fused-ring (bicyclic) bond motifs is 6. The van der Waals surface area contributed by atoms with E-state index in [0.717, 1.165) is 33.4 Å². The molecule has 4 heteroatoms. The fourth-order valence-electron chi connectivity index (χ4n) is 8.04.